The fourth-order valence-electron chi connectivity index (χ4n) is 3.56. The summed E-state index contributed by atoms with van der Waals surface area (Å²) in [7, 11) is 0. The molecule has 1 atom stereocenters. The normalized spacial score (nSPS) is 13.8. The molecule has 4 rings (SSSR count). The van der Waals surface area contributed by atoms with Crippen molar-refractivity contribution in [3.05, 3.63) is 58.2 Å². The molecule has 168 valence electrons. The summed E-state index contributed by atoms with van der Waals surface area (Å²) in [6, 6.07) is 7.41. The number of allylic oxidation sites excluding steroid dienone is 1. The molecule has 1 N–H and O–H groups in total. The molecule has 0 saturated heterocycles. The van der Waals surface area contributed by atoms with E-state index in [4.69, 9.17) is 9.47 Å². The highest BCUT2D eigenvalue weighted by molar-refractivity contribution is 7.99. The summed E-state index contributed by atoms with van der Waals surface area (Å²) in [5.74, 6) is 1.61. The van der Waals surface area contributed by atoms with Crippen LogP contribution in [0.1, 0.15) is 25.5 Å². The van der Waals surface area contributed by atoms with E-state index >= 15 is 0 Å². The van der Waals surface area contributed by atoms with E-state index in [9.17, 15) is 9.59 Å². The minimum atomic E-state index is -0.179. The van der Waals surface area contributed by atoms with E-state index in [0.717, 1.165) is 11.3 Å². The lowest BCUT2D eigenvalue weighted by Gasteiger charge is -2.25. The second kappa shape index (κ2) is 9.79. The highest BCUT2D eigenvalue weighted by atomic mass is 32.2. The number of rotatable bonds is 8. The molecule has 32 heavy (non-hydrogen) atoms. The van der Waals surface area contributed by atoms with E-state index in [-0.39, 0.29) is 29.2 Å². The molecule has 1 unspecified atom stereocenters. The maximum absolute atomic E-state index is 12.8. The van der Waals surface area contributed by atoms with Gasteiger partial charge in [-0.15, -0.1) is 17.9 Å². The number of amides is 1. The number of fused-ring (bicyclic) bond motifs is 2. The number of aromatic nitrogens is 2. The highest BCUT2D eigenvalue weighted by Gasteiger charge is 2.22. The first-order chi connectivity index (χ1) is 15.5. The van der Waals surface area contributed by atoms with Crippen LogP contribution in [0.25, 0.3) is 10.2 Å². The predicted octanol–water partition coefficient (Wildman–Crippen LogP) is 4.02. The van der Waals surface area contributed by atoms with Crippen molar-refractivity contribution in [1.29, 1.82) is 0 Å². The van der Waals surface area contributed by atoms with E-state index in [2.05, 4.69) is 30.7 Å². The Kier molecular flexibility index (Phi) is 6.86. The number of benzene rings is 1. The molecular weight excluding hydrogens is 446 g/mol. The summed E-state index contributed by atoms with van der Waals surface area (Å²) in [6.07, 6.45) is 1.66. The van der Waals surface area contributed by atoms with Crippen LogP contribution in [-0.2, 0) is 11.3 Å². The first-order valence-corrected chi connectivity index (χ1v) is 12.2. The quantitative estimate of drug-likeness (QED) is 0.304. The highest BCUT2D eigenvalue weighted by Crippen LogP contribution is 2.34. The number of hydrogen-bond acceptors (Lipinski definition) is 7. The van der Waals surface area contributed by atoms with Gasteiger partial charge in [-0.05, 0) is 35.1 Å². The third kappa shape index (κ3) is 4.68. The number of ether oxygens (including phenoxy) is 2. The van der Waals surface area contributed by atoms with Crippen molar-refractivity contribution < 1.29 is 14.3 Å². The Morgan fingerprint density at radius 3 is 2.84 bits per heavy atom. The number of nitrogens with zero attached hydrogens (tertiary/aromatic N) is 2. The van der Waals surface area contributed by atoms with Crippen LogP contribution in [-0.4, -0.2) is 34.4 Å². The van der Waals surface area contributed by atoms with E-state index in [1.165, 1.54) is 23.1 Å². The molecule has 1 aliphatic heterocycles. The molecule has 2 aromatic heterocycles. The summed E-state index contributed by atoms with van der Waals surface area (Å²) >= 11 is 2.62. The Balaban J connectivity index is 1.49. The van der Waals surface area contributed by atoms with E-state index in [0.29, 0.717) is 40.9 Å². The number of carbonyl (C=O) groups is 1. The van der Waals surface area contributed by atoms with Gasteiger partial charge in [0.2, 0.25) is 5.91 Å². The molecule has 9 heteroatoms. The van der Waals surface area contributed by atoms with Crippen LogP contribution in [0.3, 0.4) is 0 Å². The van der Waals surface area contributed by atoms with Gasteiger partial charge in [0, 0.05) is 6.54 Å². The van der Waals surface area contributed by atoms with Gasteiger partial charge < -0.3 is 14.8 Å². The maximum atomic E-state index is 12.8. The SMILES string of the molecule is C=CCn1c(SCC(=O)NC(c2ccc3c(c2)OCCO3)C(C)C)nc2ccsc2c1=O. The molecule has 0 spiro atoms. The average molecular weight is 472 g/mol. The summed E-state index contributed by atoms with van der Waals surface area (Å²) in [4.78, 5) is 30.2. The zero-order valence-corrected chi connectivity index (χ0v) is 19.6. The van der Waals surface area contributed by atoms with Gasteiger partial charge in [-0.25, -0.2) is 4.98 Å². The van der Waals surface area contributed by atoms with Gasteiger partial charge >= 0.3 is 0 Å². The Hall–Kier alpha value is -2.78. The van der Waals surface area contributed by atoms with Crippen LogP contribution in [0.2, 0.25) is 0 Å². The molecular formula is C23H25N3O4S2. The van der Waals surface area contributed by atoms with Gasteiger partial charge in [0.25, 0.3) is 5.56 Å². The maximum Gasteiger partial charge on any atom is 0.272 e. The molecule has 0 radical (unpaired) electrons. The monoisotopic (exact) mass is 471 g/mol. The molecule has 1 aromatic carbocycles. The topological polar surface area (TPSA) is 82.5 Å². The number of carbonyl (C=O) groups excluding carboxylic acids is 1. The lowest BCUT2D eigenvalue weighted by molar-refractivity contribution is -0.119. The number of thioether (sulfide) groups is 1. The Morgan fingerprint density at radius 2 is 2.09 bits per heavy atom. The summed E-state index contributed by atoms with van der Waals surface area (Å²) in [5.41, 5.74) is 1.51. The van der Waals surface area contributed by atoms with Crippen LogP contribution < -0.4 is 20.3 Å². The molecule has 3 aromatic rings. The second-order valence-electron chi connectivity index (χ2n) is 7.71. The van der Waals surface area contributed by atoms with Crippen LogP contribution in [0.4, 0.5) is 0 Å². The number of hydrogen-bond donors (Lipinski definition) is 1. The van der Waals surface area contributed by atoms with Gasteiger partial charge in [-0.1, -0.05) is 37.8 Å². The van der Waals surface area contributed by atoms with Gasteiger partial charge in [-0.2, -0.15) is 0 Å². The first kappa shape index (κ1) is 22.4. The van der Waals surface area contributed by atoms with Crippen LogP contribution in [0.5, 0.6) is 11.5 Å². The van der Waals surface area contributed by atoms with Gasteiger partial charge in [0.1, 0.15) is 17.9 Å². The van der Waals surface area contributed by atoms with Crippen LogP contribution in [0.15, 0.2) is 52.3 Å². The van der Waals surface area contributed by atoms with Gasteiger partial charge in [-0.3, -0.25) is 14.2 Å². The Labute approximate surface area is 194 Å². The number of thiophene rings is 1. The van der Waals surface area contributed by atoms with Gasteiger partial charge in [0.15, 0.2) is 16.7 Å². The zero-order chi connectivity index (χ0) is 22.7. The van der Waals surface area contributed by atoms with E-state index in [1.807, 2.05) is 29.6 Å². The standard InChI is InChI=1S/C23H25N3O4S2/c1-4-8-26-22(28)21-16(7-11-31-21)24-23(26)32-13-19(27)25-20(14(2)3)15-5-6-17-18(12-15)30-10-9-29-17/h4-7,11-12,14,20H,1,8-10,13H2,2-3H3,(H,25,27). The van der Waals surface area contributed by atoms with Crippen LogP contribution >= 0.6 is 23.1 Å². The predicted molar refractivity (Wildman–Crippen MR) is 128 cm³/mol. The van der Waals surface area contributed by atoms with Crippen molar-refractivity contribution in [2.75, 3.05) is 19.0 Å². The molecule has 0 aliphatic carbocycles. The Bertz CT molecular complexity index is 1200. The third-order valence-corrected chi connectivity index (χ3v) is 6.95. The lowest BCUT2D eigenvalue weighted by atomic mass is 9.95. The average Bonchev–Trinajstić information content (AvgIpc) is 3.26. The molecule has 1 amide bonds. The minimum Gasteiger partial charge on any atom is -0.486 e. The molecule has 0 saturated carbocycles. The second-order valence-corrected chi connectivity index (χ2v) is 9.57. The third-order valence-electron chi connectivity index (χ3n) is 5.08. The van der Waals surface area contributed by atoms with Crippen LogP contribution in [0, 0.1) is 5.92 Å². The Morgan fingerprint density at radius 1 is 1.31 bits per heavy atom. The molecule has 0 fully saturated rings. The largest absolute Gasteiger partial charge is 0.486 e. The number of nitrogens with one attached hydrogen (secondary N) is 1. The summed E-state index contributed by atoms with van der Waals surface area (Å²) in [5, 5.41) is 5.48. The van der Waals surface area contributed by atoms with Crippen molar-refractivity contribution in [3.63, 3.8) is 0 Å². The van der Waals surface area contributed by atoms with Crippen molar-refractivity contribution in [1.82, 2.24) is 14.9 Å². The lowest BCUT2D eigenvalue weighted by Crippen LogP contribution is -2.33. The minimum absolute atomic E-state index is 0.107. The molecule has 7 nitrogen and oxygen atoms in total. The molecule has 0 bridgehead atoms. The van der Waals surface area contributed by atoms with E-state index < -0.39 is 0 Å². The van der Waals surface area contributed by atoms with Crippen molar-refractivity contribution in [2.45, 2.75) is 31.6 Å². The summed E-state index contributed by atoms with van der Waals surface area (Å²) in [6.45, 7) is 9.24. The van der Waals surface area contributed by atoms with E-state index in [1.54, 1.807) is 10.6 Å². The summed E-state index contributed by atoms with van der Waals surface area (Å²) < 4.78 is 13.5. The van der Waals surface area contributed by atoms with Crippen molar-refractivity contribution in [2.24, 2.45) is 5.92 Å². The fourth-order valence-corrected chi connectivity index (χ4v) is 5.16. The van der Waals surface area contributed by atoms with Crippen molar-refractivity contribution >= 4 is 39.2 Å². The van der Waals surface area contributed by atoms with Gasteiger partial charge in [0.05, 0.1) is 17.3 Å². The zero-order valence-electron chi connectivity index (χ0n) is 18.0. The molecule has 3 heterocycles. The smallest absolute Gasteiger partial charge is 0.272 e. The fraction of sp³-hybridized carbons (Fsp3) is 0.348. The van der Waals surface area contributed by atoms with Crippen molar-refractivity contribution in [3.8, 4) is 11.5 Å². The first-order valence-electron chi connectivity index (χ1n) is 10.4. The molecule has 1 aliphatic rings.